The van der Waals surface area contributed by atoms with Crippen LogP contribution in [-0.2, 0) is 11.3 Å². The molecule has 0 radical (unpaired) electrons. The molecular formula is C21H25ClN6O2S. The van der Waals surface area contributed by atoms with E-state index in [0.717, 1.165) is 29.7 Å². The highest BCUT2D eigenvalue weighted by atomic mass is 35.5. The number of nitrogens with zero attached hydrogens (tertiary/aromatic N) is 4. The van der Waals surface area contributed by atoms with Crippen molar-refractivity contribution in [2.75, 3.05) is 18.5 Å². The van der Waals surface area contributed by atoms with E-state index in [0.29, 0.717) is 35.6 Å². The topological polar surface area (TPSA) is 94.0 Å². The van der Waals surface area contributed by atoms with Gasteiger partial charge in [-0.05, 0) is 37.5 Å². The molecule has 0 saturated carbocycles. The third kappa shape index (κ3) is 5.36. The minimum absolute atomic E-state index is 0. The average molecular weight is 461 g/mol. The van der Waals surface area contributed by atoms with Gasteiger partial charge in [0.25, 0.3) is 5.91 Å². The van der Waals surface area contributed by atoms with E-state index in [1.54, 1.807) is 23.3 Å². The van der Waals surface area contributed by atoms with Gasteiger partial charge in [-0.25, -0.2) is 9.97 Å². The molecular weight excluding hydrogens is 436 g/mol. The fourth-order valence-electron chi connectivity index (χ4n) is 3.26. The Balaban J connectivity index is 0.00000272. The maximum absolute atomic E-state index is 12.6. The van der Waals surface area contributed by atoms with Gasteiger partial charge in [-0.2, -0.15) is 18.5 Å². The summed E-state index contributed by atoms with van der Waals surface area (Å²) in [5.41, 5.74) is 3.11. The SMILES string of the molecule is Cc1cnc(N[C@H]2CCOC2)nc1-n1cnc(C(=O)NCc2cccc(Cl)c2C)c1.S. The summed E-state index contributed by atoms with van der Waals surface area (Å²) < 4.78 is 7.11. The van der Waals surface area contributed by atoms with E-state index < -0.39 is 0 Å². The Kier molecular flexibility index (Phi) is 7.53. The molecule has 8 nitrogen and oxygen atoms in total. The molecule has 1 aliphatic rings. The van der Waals surface area contributed by atoms with Crippen LogP contribution in [0.3, 0.4) is 0 Å². The molecule has 0 unspecified atom stereocenters. The summed E-state index contributed by atoms with van der Waals surface area (Å²) in [6.45, 7) is 5.61. The lowest BCUT2D eigenvalue weighted by molar-refractivity contribution is 0.0946. The highest BCUT2D eigenvalue weighted by Crippen LogP contribution is 2.19. The van der Waals surface area contributed by atoms with E-state index in [-0.39, 0.29) is 25.4 Å². The highest BCUT2D eigenvalue weighted by molar-refractivity contribution is 7.59. The van der Waals surface area contributed by atoms with Crippen molar-refractivity contribution in [1.29, 1.82) is 0 Å². The number of amides is 1. The predicted octanol–water partition coefficient (Wildman–Crippen LogP) is 3.18. The van der Waals surface area contributed by atoms with Crippen molar-refractivity contribution in [2.45, 2.75) is 32.9 Å². The van der Waals surface area contributed by atoms with Crippen molar-refractivity contribution >= 4 is 37.0 Å². The molecule has 4 rings (SSSR count). The van der Waals surface area contributed by atoms with Crippen LogP contribution in [0.4, 0.5) is 5.95 Å². The summed E-state index contributed by atoms with van der Waals surface area (Å²) in [6, 6.07) is 5.84. The van der Waals surface area contributed by atoms with Crippen LogP contribution >= 0.6 is 25.1 Å². The first-order chi connectivity index (χ1) is 14.5. The molecule has 0 bridgehead atoms. The molecule has 1 saturated heterocycles. The van der Waals surface area contributed by atoms with Crippen molar-refractivity contribution in [3.63, 3.8) is 0 Å². The lowest BCUT2D eigenvalue weighted by Gasteiger charge is -2.12. The Morgan fingerprint density at radius 1 is 1.32 bits per heavy atom. The Labute approximate surface area is 192 Å². The van der Waals surface area contributed by atoms with Crippen LogP contribution in [0.1, 0.15) is 33.6 Å². The number of hydrogen-bond donors (Lipinski definition) is 2. The molecule has 2 aromatic heterocycles. The lowest BCUT2D eigenvalue weighted by atomic mass is 10.1. The first-order valence-electron chi connectivity index (χ1n) is 9.75. The van der Waals surface area contributed by atoms with Gasteiger partial charge in [0.2, 0.25) is 5.95 Å². The summed E-state index contributed by atoms with van der Waals surface area (Å²) in [7, 11) is 0. The zero-order valence-electron chi connectivity index (χ0n) is 17.4. The standard InChI is InChI=1S/C21H23ClN6O2.H2S/c1-13-8-24-21(26-16-6-7-30-11-16)27-19(13)28-10-18(25-12-28)20(29)23-9-15-4-3-5-17(22)14(15)2;/h3-5,8,10,12,16H,6-7,9,11H2,1-2H3,(H,23,29)(H,24,26,27);1H2/t16-;/m0./s1. The second-order valence-corrected chi connectivity index (χ2v) is 7.69. The second-order valence-electron chi connectivity index (χ2n) is 7.28. The van der Waals surface area contributed by atoms with Gasteiger partial charge < -0.3 is 15.4 Å². The largest absolute Gasteiger partial charge is 0.379 e. The highest BCUT2D eigenvalue weighted by Gasteiger charge is 2.18. The van der Waals surface area contributed by atoms with Crippen molar-refractivity contribution in [2.24, 2.45) is 0 Å². The first-order valence-corrected chi connectivity index (χ1v) is 10.1. The van der Waals surface area contributed by atoms with Crippen molar-refractivity contribution in [3.05, 3.63) is 64.3 Å². The zero-order valence-corrected chi connectivity index (χ0v) is 19.1. The number of halogens is 1. The van der Waals surface area contributed by atoms with Gasteiger partial charge in [-0.3, -0.25) is 9.36 Å². The summed E-state index contributed by atoms with van der Waals surface area (Å²) in [5, 5.41) is 6.85. The molecule has 0 aliphatic carbocycles. The van der Waals surface area contributed by atoms with Gasteiger partial charge in [0.1, 0.15) is 17.8 Å². The number of hydrogen-bond acceptors (Lipinski definition) is 6. The van der Waals surface area contributed by atoms with Gasteiger partial charge >= 0.3 is 0 Å². The van der Waals surface area contributed by atoms with Gasteiger partial charge in [0.15, 0.2) is 0 Å². The molecule has 1 fully saturated rings. The Morgan fingerprint density at radius 2 is 2.16 bits per heavy atom. The number of carbonyl (C=O) groups excluding carboxylic acids is 1. The number of aryl methyl sites for hydroxylation is 1. The molecule has 2 N–H and O–H groups in total. The summed E-state index contributed by atoms with van der Waals surface area (Å²) in [4.78, 5) is 25.7. The molecule has 31 heavy (non-hydrogen) atoms. The van der Waals surface area contributed by atoms with Crippen LogP contribution in [0.25, 0.3) is 5.82 Å². The molecule has 164 valence electrons. The van der Waals surface area contributed by atoms with Crippen LogP contribution in [0.15, 0.2) is 36.9 Å². The number of benzene rings is 1. The monoisotopic (exact) mass is 460 g/mol. The molecule has 1 atom stereocenters. The molecule has 3 heterocycles. The van der Waals surface area contributed by atoms with Crippen molar-refractivity contribution in [3.8, 4) is 5.82 Å². The average Bonchev–Trinajstić information content (AvgIpc) is 3.42. The van der Waals surface area contributed by atoms with E-state index >= 15 is 0 Å². The molecule has 1 aliphatic heterocycles. The maximum atomic E-state index is 12.6. The normalized spacial score (nSPS) is 15.4. The van der Waals surface area contributed by atoms with Gasteiger partial charge in [-0.15, -0.1) is 0 Å². The quantitative estimate of drug-likeness (QED) is 0.586. The smallest absolute Gasteiger partial charge is 0.271 e. The molecule has 1 amide bonds. The van der Waals surface area contributed by atoms with Crippen molar-refractivity contribution in [1.82, 2.24) is 24.8 Å². The lowest BCUT2D eigenvalue weighted by Crippen LogP contribution is -2.23. The Bertz CT molecular complexity index is 1070. The summed E-state index contributed by atoms with van der Waals surface area (Å²) >= 11 is 6.15. The van der Waals surface area contributed by atoms with E-state index in [4.69, 9.17) is 16.3 Å². The van der Waals surface area contributed by atoms with E-state index in [2.05, 4.69) is 25.6 Å². The number of carbonyl (C=O) groups is 1. The third-order valence-electron chi connectivity index (χ3n) is 5.09. The third-order valence-corrected chi connectivity index (χ3v) is 5.50. The van der Waals surface area contributed by atoms with E-state index in [1.165, 1.54) is 0 Å². The summed E-state index contributed by atoms with van der Waals surface area (Å²) in [5.74, 6) is 0.937. The fraction of sp³-hybridized carbons (Fsp3) is 0.333. The van der Waals surface area contributed by atoms with Crippen LogP contribution in [0.2, 0.25) is 5.02 Å². The number of anilines is 1. The molecule has 0 spiro atoms. The minimum atomic E-state index is -0.263. The maximum Gasteiger partial charge on any atom is 0.271 e. The number of rotatable bonds is 6. The van der Waals surface area contributed by atoms with E-state index in [1.807, 2.05) is 32.0 Å². The van der Waals surface area contributed by atoms with E-state index in [9.17, 15) is 4.79 Å². The molecule has 1 aromatic carbocycles. The predicted molar refractivity (Wildman–Crippen MR) is 124 cm³/mol. The molecule has 3 aromatic rings. The van der Waals surface area contributed by atoms with Crippen LogP contribution < -0.4 is 10.6 Å². The second kappa shape index (κ2) is 10.1. The first kappa shape index (κ1) is 23.1. The minimum Gasteiger partial charge on any atom is -0.379 e. The van der Waals surface area contributed by atoms with Gasteiger partial charge in [0.05, 0.1) is 12.6 Å². The van der Waals surface area contributed by atoms with Gasteiger partial charge in [0, 0.05) is 36.1 Å². The Morgan fingerprint density at radius 3 is 2.94 bits per heavy atom. The molecule has 10 heteroatoms. The number of aromatic nitrogens is 4. The number of imidazole rings is 1. The van der Waals surface area contributed by atoms with Crippen LogP contribution in [0, 0.1) is 13.8 Å². The summed E-state index contributed by atoms with van der Waals surface area (Å²) in [6.07, 6.45) is 5.92. The van der Waals surface area contributed by atoms with Crippen LogP contribution in [-0.4, -0.2) is 44.7 Å². The van der Waals surface area contributed by atoms with Crippen molar-refractivity contribution < 1.29 is 9.53 Å². The fourth-order valence-corrected chi connectivity index (χ4v) is 3.45. The van der Waals surface area contributed by atoms with Crippen LogP contribution in [0.5, 0.6) is 0 Å². The number of ether oxygens (including phenoxy) is 1. The van der Waals surface area contributed by atoms with Gasteiger partial charge in [-0.1, -0.05) is 23.7 Å². The number of nitrogens with one attached hydrogen (secondary N) is 2. The Hall–Kier alpha value is -2.62. The zero-order chi connectivity index (χ0) is 21.1.